The number of oxime groups is 1. The summed E-state index contributed by atoms with van der Waals surface area (Å²) in [6, 6.07) is 4.67. The van der Waals surface area contributed by atoms with Crippen LogP contribution in [0.25, 0.3) is 0 Å². The Hall–Kier alpha value is -1.75. The number of rotatable bonds is 3. The highest BCUT2D eigenvalue weighted by Crippen LogP contribution is 2.26. The van der Waals surface area contributed by atoms with Gasteiger partial charge in [-0.1, -0.05) is 22.8 Å². The normalized spacial score (nSPS) is 11.1. The van der Waals surface area contributed by atoms with Crippen LogP contribution in [0.15, 0.2) is 23.4 Å². The molecule has 0 aromatic heterocycles. The van der Waals surface area contributed by atoms with Crippen LogP contribution in [0.4, 0.5) is 0 Å². The molecule has 0 heterocycles. The standard InChI is InChI=1S/C10H10ClNO4/c1-15-8-6(9(11)12-14)4-3-5-7(8)10(13)16-2/h3-5,14H,1-2H3. The van der Waals surface area contributed by atoms with Crippen LogP contribution in [0, 0.1) is 0 Å². The molecule has 0 aliphatic carbocycles. The highest BCUT2D eigenvalue weighted by molar-refractivity contribution is 6.69. The van der Waals surface area contributed by atoms with Gasteiger partial charge in [-0.05, 0) is 12.1 Å². The number of methoxy groups -OCH3 is 2. The molecule has 0 bridgehead atoms. The number of halogens is 1. The van der Waals surface area contributed by atoms with Gasteiger partial charge in [-0.3, -0.25) is 0 Å². The van der Waals surface area contributed by atoms with Gasteiger partial charge < -0.3 is 14.7 Å². The third-order valence-corrected chi connectivity index (χ3v) is 2.21. The molecule has 0 unspecified atom stereocenters. The van der Waals surface area contributed by atoms with Crippen molar-refractivity contribution in [3.63, 3.8) is 0 Å². The number of para-hydroxylation sites is 1. The van der Waals surface area contributed by atoms with Crippen LogP contribution < -0.4 is 4.74 Å². The molecule has 0 fully saturated rings. The van der Waals surface area contributed by atoms with Gasteiger partial charge in [0.15, 0.2) is 5.17 Å². The molecule has 0 spiro atoms. The molecule has 0 aliphatic rings. The highest BCUT2D eigenvalue weighted by Gasteiger charge is 2.18. The monoisotopic (exact) mass is 243 g/mol. The van der Waals surface area contributed by atoms with E-state index in [4.69, 9.17) is 21.5 Å². The first-order valence-electron chi connectivity index (χ1n) is 4.29. The van der Waals surface area contributed by atoms with Crippen LogP contribution >= 0.6 is 11.6 Å². The van der Waals surface area contributed by atoms with Crippen LogP contribution in [0.3, 0.4) is 0 Å². The van der Waals surface area contributed by atoms with Crippen molar-refractivity contribution >= 4 is 22.7 Å². The number of carbonyl (C=O) groups excluding carboxylic acids is 1. The predicted octanol–water partition coefficient (Wildman–Crippen LogP) is 1.86. The molecule has 0 atom stereocenters. The molecular formula is C10H10ClNO4. The van der Waals surface area contributed by atoms with Gasteiger partial charge in [-0.15, -0.1) is 0 Å². The molecule has 1 N–H and O–H groups in total. The quantitative estimate of drug-likeness (QED) is 0.381. The van der Waals surface area contributed by atoms with E-state index in [1.54, 1.807) is 12.1 Å². The van der Waals surface area contributed by atoms with Gasteiger partial charge >= 0.3 is 5.97 Å². The summed E-state index contributed by atoms with van der Waals surface area (Å²) in [5.41, 5.74) is 0.527. The van der Waals surface area contributed by atoms with Crippen molar-refractivity contribution in [3.8, 4) is 5.75 Å². The van der Waals surface area contributed by atoms with E-state index in [9.17, 15) is 4.79 Å². The van der Waals surface area contributed by atoms with Crippen LogP contribution in [0.5, 0.6) is 5.75 Å². The van der Waals surface area contributed by atoms with E-state index >= 15 is 0 Å². The molecule has 5 nitrogen and oxygen atoms in total. The van der Waals surface area contributed by atoms with E-state index in [-0.39, 0.29) is 16.5 Å². The van der Waals surface area contributed by atoms with E-state index in [1.165, 1.54) is 20.3 Å². The van der Waals surface area contributed by atoms with Crippen molar-refractivity contribution in [3.05, 3.63) is 29.3 Å². The lowest BCUT2D eigenvalue weighted by Gasteiger charge is -2.10. The molecule has 6 heteroatoms. The summed E-state index contributed by atoms with van der Waals surface area (Å²) in [6.07, 6.45) is 0. The topological polar surface area (TPSA) is 68.1 Å². The van der Waals surface area contributed by atoms with Crippen LogP contribution in [-0.2, 0) is 4.74 Å². The summed E-state index contributed by atoms with van der Waals surface area (Å²) >= 11 is 5.66. The molecule has 86 valence electrons. The molecule has 0 saturated heterocycles. The first kappa shape index (κ1) is 12.3. The van der Waals surface area contributed by atoms with Gasteiger partial charge in [0.05, 0.1) is 19.8 Å². The van der Waals surface area contributed by atoms with Crippen molar-refractivity contribution in [2.24, 2.45) is 5.16 Å². The summed E-state index contributed by atoms with van der Waals surface area (Å²) in [5.74, 6) is -0.349. The summed E-state index contributed by atoms with van der Waals surface area (Å²) < 4.78 is 9.63. The van der Waals surface area contributed by atoms with Gasteiger partial charge in [-0.25, -0.2) is 4.79 Å². The molecule has 1 aromatic carbocycles. The number of ether oxygens (including phenoxy) is 2. The lowest BCUT2D eigenvalue weighted by molar-refractivity contribution is 0.0597. The fourth-order valence-electron chi connectivity index (χ4n) is 1.24. The number of carbonyl (C=O) groups is 1. The van der Waals surface area contributed by atoms with E-state index in [0.29, 0.717) is 5.56 Å². The molecule has 0 radical (unpaired) electrons. The van der Waals surface area contributed by atoms with Crippen molar-refractivity contribution in [2.45, 2.75) is 0 Å². The Kier molecular flexibility index (Phi) is 4.13. The van der Waals surface area contributed by atoms with Crippen LogP contribution in [0.2, 0.25) is 0 Å². The maximum Gasteiger partial charge on any atom is 0.341 e. The van der Waals surface area contributed by atoms with E-state index < -0.39 is 5.97 Å². The van der Waals surface area contributed by atoms with Crippen molar-refractivity contribution in [1.82, 2.24) is 0 Å². The Morgan fingerprint density at radius 1 is 1.38 bits per heavy atom. The first-order chi connectivity index (χ1) is 7.65. The second kappa shape index (κ2) is 5.37. The fraction of sp³-hybridized carbons (Fsp3) is 0.200. The third-order valence-electron chi connectivity index (χ3n) is 1.93. The lowest BCUT2D eigenvalue weighted by atomic mass is 10.1. The number of hydrogen-bond donors (Lipinski definition) is 1. The van der Waals surface area contributed by atoms with Crippen molar-refractivity contribution < 1.29 is 19.5 Å². The summed E-state index contributed by atoms with van der Waals surface area (Å²) in [5, 5.41) is 11.3. The van der Waals surface area contributed by atoms with Crippen LogP contribution in [0.1, 0.15) is 15.9 Å². The van der Waals surface area contributed by atoms with Crippen LogP contribution in [-0.4, -0.2) is 30.6 Å². The maximum absolute atomic E-state index is 11.4. The Morgan fingerprint density at radius 3 is 2.50 bits per heavy atom. The average Bonchev–Trinajstić information content (AvgIpc) is 2.35. The maximum atomic E-state index is 11.4. The predicted molar refractivity (Wildman–Crippen MR) is 58.5 cm³/mol. The Labute approximate surface area is 97.2 Å². The number of benzene rings is 1. The minimum absolute atomic E-state index is 0.164. The molecule has 0 aliphatic heterocycles. The summed E-state index contributed by atoms with van der Waals surface area (Å²) in [7, 11) is 2.64. The second-order valence-corrected chi connectivity index (χ2v) is 3.13. The van der Waals surface area contributed by atoms with E-state index in [0.717, 1.165) is 0 Å². The van der Waals surface area contributed by atoms with E-state index in [1.807, 2.05) is 0 Å². The molecule has 16 heavy (non-hydrogen) atoms. The van der Waals surface area contributed by atoms with Gasteiger partial charge in [0, 0.05) is 0 Å². The molecule has 1 rings (SSSR count). The first-order valence-corrected chi connectivity index (χ1v) is 4.66. The summed E-state index contributed by atoms with van der Waals surface area (Å²) in [4.78, 5) is 11.4. The molecule has 0 amide bonds. The Balaban J connectivity index is 3.37. The largest absolute Gasteiger partial charge is 0.495 e. The van der Waals surface area contributed by atoms with Gasteiger partial charge in [0.25, 0.3) is 0 Å². The number of esters is 1. The zero-order valence-electron chi connectivity index (χ0n) is 8.73. The Bertz CT molecular complexity index is 431. The average molecular weight is 244 g/mol. The van der Waals surface area contributed by atoms with Gasteiger partial charge in [0.2, 0.25) is 0 Å². The fourth-order valence-corrected chi connectivity index (χ4v) is 1.39. The third kappa shape index (κ3) is 2.25. The molecule has 1 aromatic rings. The molecule has 0 saturated carbocycles. The number of hydrogen-bond acceptors (Lipinski definition) is 5. The van der Waals surface area contributed by atoms with Crippen molar-refractivity contribution in [1.29, 1.82) is 0 Å². The lowest BCUT2D eigenvalue weighted by Crippen LogP contribution is -2.07. The molecular weight excluding hydrogens is 234 g/mol. The highest BCUT2D eigenvalue weighted by atomic mass is 35.5. The van der Waals surface area contributed by atoms with Gasteiger partial charge in [0.1, 0.15) is 11.3 Å². The zero-order chi connectivity index (χ0) is 12.1. The minimum atomic E-state index is -0.555. The zero-order valence-corrected chi connectivity index (χ0v) is 9.49. The number of nitrogens with zero attached hydrogens (tertiary/aromatic N) is 1. The summed E-state index contributed by atoms with van der Waals surface area (Å²) in [6.45, 7) is 0. The SMILES string of the molecule is COC(=O)c1cccc(C(Cl)=NO)c1OC. The van der Waals surface area contributed by atoms with E-state index in [2.05, 4.69) is 9.89 Å². The van der Waals surface area contributed by atoms with Gasteiger partial charge in [-0.2, -0.15) is 0 Å². The second-order valence-electron chi connectivity index (χ2n) is 2.77. The smallest absolute Gasteiger partial charge is 0.341 e. The Morgan fingerprint density at radius 2 is 2.00 bits per heavy atom. The minimum Gasteiger partial charge on any atom is -0.495 e. The van der Waals surface area contributed by atoms with Crippen molar-refractivity contribution in [2.75, 3.05) is 14.2 Å².